The Morgan fingerprint density at radius 3 is 2.62 bits per heavy atom. The predicted octanol–water partition coefficient (Wildman–Crippen LogP) is 4.48. The third kappa shape index (κ3) is 6.01. The zero-order valence-electron chi connectivity index (χ0n) is 19.0. The van der Waals surface area contributed by atoms with Gasteiger partial charge in [-0.2, -0.15) is 5.10 Å². The first-order valence-electron chi connectivity index (χ1n) is 10.6. The number of methoxy groups -OCH3 is 1. The average Bonchev–Trinajstić information content (AvgIpc) is 3.39. The molecule has 0 radical (unpaired) electrons. The van der Waals surface area contributed by atoms with Gasteiger partial charge in [0.05, 0.1) is 18.4 Å². The summed E-state index contributed by atoms with van der Waals surface area (Å²) in [6.07, 6.45) is 0.739. The van der Waals surface area contributed by atoms with Crippen LogP contribution in [-0.4, -0.2) is 54.2 Å². The fraction of sp³-hybridized carbons (Fsp3) is 0.458. The van der Waals surface area contributed by atoms with Gasteiger partial charge in [-0.1, -0.05) is 45.0 Å². The van der Waals surface area contributed by atoms with E-state index in [2.05, 4.69) is 5.10 Å². The Balaban J connectivity index is 1.85. The SMILES string of the molecule is COCCN(CC(=O)N1N=C(c2ccccc2F)C[C@@H]1c1cccs1)C(=O)CC(C)(C)C. The van der Waals surface area contributed by atoms with E-state index in [0.717, 1.165) is 4.88 Å². The number of benzene rings is 1. The fourth-order valence-electron chi connectivity index (χ4n) is 3.60. The number of hydrogen-bond donors (Lipinski definition) is 0. The first kappa shape index (κ1) is 24.1. The summed E-state index contributed by atoms with van der Waals surface area (Å²) >= 11 is 1.53. The van der Waals surface area contributed by atoms with Crippen molar-refractivity contribution < 1.29 is 18.7 Å². The summed E-state index contributed by atoms with van der Waals surface area (Å²) in [4.78, 5) is 28.7. The molecule has 0 N–H and O–H groups in total. The maximum atomic E-state index is 14.4. The summed E-state index contributed by atoms with van der Waals surface area (Å²) in [6.45, 7) is 6.51. The number of ether oxygens (including phenoxy) is 1. The lowest BCUT2D eigenvalue weighted by Gasteiger charge is -2.28. The third-order valence-electron chi connectivity index (χ3n) is 5.15. The molecular formula is C24H30FN3O3S. The second kappa shape index (κ2) is 10.4. The number of carbonyl (C=O) groups is 2. The number of carbonyl (C=O) groups excluding carboxylic acids is 2. The van der Waals surface area contributed by atoms with Crippen LogP contribution in [0.25, 0.3) is 0 Å². The molecule has 1 atom stereocenters. The molecule has 172 valence electrons. The third-order valence-corrected chi connectivity index (χ3v) is 6.12. The molecule has 6 nitrogen and oxygen atoms in total. The van der Waals surface area contributed by atoms with Gasteiger partial charge in [0.25, 0.3) is 5.91 Å². The van der Waals surface area contributed by atoms with Gasteiger partial charge >= 0.3 is 0 Å². The van der Waals surface area contributed by atoms with Gasteiger partial charge in [0.2, 0.25) is 5.91 Å². The van der Waals surface area contributed by atoms with Crippen LogP contribution in [0.3, 0.4) is 0 Å². The molecule has 1 aromatic heterocycles. The van der Waals surface area contributed by atoms with Crippen molar-refractivity contribution in [3.8, 4) is 0 Å². The zero-order valence-corrected chi connectivity index (χ0v) is 19.8. The van der Waals surface area contributed by atoms with Gasteiger partial charge in [-0.3, -0.25) is 9.59 Å². The molecule has 0 spiro atoms. The molecular weight excluding hydrogens is 429 g/mol. The Hall–Kier alpha value is -2.58. The molecule has 1 aliphatic heterocycles. The van der Waals surface area contributed by atoms with E-state index < -0.39 is 0 Å². The highest BCUT2D eigenvalue weighted by molar-refractivity contribution is 7.10. The highest BCUT2D eigenvalue weighted by atomic mass is 32.1. The van der Waals surface area contributed by atoms with Crippen LogP contribution in [0, 0.1) is 11.2 Å². The largest absolute Gasteiger partial charge is 0.383 e. The van der Waals surface area contributed by atoms with Crippen LogP contribution in [-0.2, 0) is 14.3 Å². The first-order chi connectivity index (χ1) is 15.2. The summed E-state index contributed by atoms with van der Waals surface area (Å²) in [5.41, 5.74) is 0.720. The molecule has 32 heavy (non-hydrogen) atoms. The summed E-state index contributed by atoms with van der Waals surface area (Å²) in [6, 6.07) is 9.99. The highest BCUT2D eigenvalue weighted by Gasteiger charge is 2.35. The van der Waals surface area contributed by atoms with Crippen molar-refractivity contribution in [3.05, 3.63) is 58.0 Å². The van der Waals surface area contributed by atoms with E-state index in [1.165, 1.54) is 27.3 Å². The van der Waals surface area contributed by atoms with Crippen molar-refractivity contribution in [1.82, 2.24) is 9.91 Å². The monoisotopic (exact) mass is 459 g/mol. The summed E-state index contributed by atoms with van der Waals surface area (Å²) in [5, 5.41) is 7.88. The van der Waals surface area contributed by atoms with Crippen LogP contribution >= 0.6 is 11.3 Å². The number of amides is 2. The molecule has 8 heteroatoms. The van der Waals surface area contributed by atoms with Crippen molar-refractivity contribution in [2.75, 3.05) is 26.8 Å². The Bertz CT molecular complexity index is 969. The fourth-order valence-corrected chi connectivity index (χ4v) is 4.41. The lowest BCUT2D eigenvalue weighted by molar-refractivity contribution is -0.143. The molecule has 1 aromatic carbocycles. The van der Waals surface area contributed by atoms with Gasteiger partial charge in [-0.05, 0) is 22.9 Å². The van der Waals surface area contributed by atoms with Crippen LogP contribution in [0.2, 0.25) is 0 Å². The first-order valence-corrected chi connectivity index (χ1v) is 11.5. The maximum Gasteiger partial charge on any atom is 0.262 e. The molecule has 0 fully saturated rings. The Morgan fingerprint density at radius 2 is 2.00 bits per heavy atom. The van der Waals surface area contributed by atoms with E-state index in [1.807, 2.05) is 38.3 Å². The van der Waals surface area contributed by atoms with Crippen LogP contribution < -0.4 is 0 Å². The smallest absolute Gasteiger partial charge is 0.262 e. The van der Waals surface area contributed by atoms with E-state index in [-0.39, 0.29) is 35.6 Å². The van der Waals surface area contributed by atoms with Crippen molar-refractivity contribution in [2.24, 2.45) is 10.5 Å². The molecule has 2 aromatic rings. The van der Waals surface area contributed by atoms with Crippen molar-refractivity contribution in [3.63, 3.8) is 0 Å². The molecule has 0 aliphatic carbocycles. The summed E-state index contributed by atoms with van der Waals surface area (Å²) < 4.78 is 19.5. The number of nitrogens with zero attached hydrogens (tertiary/aromatic N) is 3. The van der Waals surface area contributed by atoms with Gasteiger partial charge in [-0.25, -0.2) is 9.40 Å². The quantitative estimate of drug-likeness (QED) is 0.585. The topological polar surface area (TPSA) is 62.2 Å². The minimum atomic E-state index is -0.368. The van der Waals surface area contributed by atoms with Gasteiger partial charge in [-0.15, -0.1) is 11.3 Å². The Labute approximate surface area is 192 Å². The second-order valence-corrected chi connectivity index (χ2v) is 10.0. The van der Waals surface area contributed by atoms with Crippen molar-refractivity contribution in [2.45, 2.75) is 39.7 Å². The summed E-state index contributed by atoms with van der Waals surface area (Å²) in [5.74, 6) is -0.770. The summed E-state index contributed by atoms with van der Waals surface area (Å²) in [7, 11) is 1.56. The number of hydrogen-bond acceptors (Lipinski definition) is 5. The lowest BCUT2D eigenvalue weighted by Crippen LogP contribution is -2.43. The van der Waals surface area contributed by atoms with Gasteiger partial charge in [0, 0.05) is 36.9 Å². The van der Waals surface area contributed by atoms with E-state index >= 15 is 0 Å². The van der Waals surface area contributed by atoms with E-state index in [9.17, 15) is 14.0 Å². The van der Waals surface area contributed by atoms with E-state index in [0.29, 0.717) is 37.3 Å². The minimum Gasteiger partial charge on any atom is -0.383 e. The molecule has 1 aliphatic rings. The predicted molar refractivity (Wildman–Crippen MR) is 124 cm³/mol. The van der Waals surface area contributed by atoms with E-state index in [4.69, 9.17) is 4.74 Å². The number of halogens is 1. The molecule has 2 heterocycles. The van der Waals surface area contributed by atoms with Gasteiger partial charge in [0.15, 0.2) is 0 Å². The number of thiophene rings is 1. The van der Waals surface area contributed by atoms with Gasteiger partial charge in [0.1, 0.15) is 12.4 Å². The molecule has 2 amide bonds. The Morgan fingerprint density at radius 1 is 1.25 bits per heavy atom. The van der Waals surface area contributed by atoms with Crippen molar-refractivity contribution in [1.29, 1.82) is 0 Å². The number of hydrazone groups is 1. The number of rotatable bonds is 8. The average molecular weight is 460 g/mol. The minimum absolute atomic E-state index is 0.103. The molecule has 0 unspecified atom stereocenters. The lowest BCUT2D eigenvalue weighted by atomic mass is 9.91. The molecule has 3 rings (SSSR count). The zero-order chi connectivity index (χ0) is 23.3. The molecule has 0 bridgehead atoms. The second-order valence-electron chi connectivity index (χ2n) is 9.05. The molecule has 0 saturated heterocycles. The standard InChI is InChI=1S/C24H30FN3O3S/c1-24(2,3)15-22(29)27(11-12-31-4)16-23(30)28-20(21-10-7-13-32-21)14-19(26-28)17-8-5-6-9-18(17)25/h5-10,13,20H,11-12,14-16H2,1-4H3/t20-/m1/s1. The van der Waals surface area contributed by atoms with Crippen LogP contribution in [0.4, 0.5) is 4.39 Å². The van der Waals surface area contributed by atoms with Crippen LogP contribution in [0.5, 0.6) is 0 Å². The normalized spacial score (nSPS) is 16.2. The van der Waals surface area contributed by atoms with Gasteiger partial charge < -0.3 is 9.64 Å². The Kier molecular flexibility index (Phi) is 7.79. The van der Waals surface area contributed by atoms with Crippen LogP contribution in [0.1, 0.15) is 50.1 Å². The molecule has 0 saturated carbocycles. The maximum absolute atomic E-state index is 14.4. The van der Waals surface area contributed by atoms with E-state index in [1.54, 1.807) is 25.3 Å². The van der Waals surface area contributed by atoms with Crippen molar-refractivity contribution >= 4 is 28.9 Å². The highest BCUT2D eigenvalue weighted by Crippen LogP contribution is 2.35. The van der Waals surface area contributed by atoms with Crippen LogP contribution in [0.15, 0.2) is 46.9 Å².